The summed E-state index contributed by atoms with van der Waals surface area (Å²) in [6, 6.07) is 10.3. The van der Waals surface area contributed by atoms with Crippen molar-refractivity contribution in [1.82, 2.24) is 10.3 Å². The number of aromatic nitrogens is 1. The summed E-state index contributed by atoms with van der Waals surface area (Å²) >= 11 is 0. The van der Waals surface area contributed by atoms with Crippen LogP contribution in [0.5, 0.6) is 5.75 Å². The molecule has 152 valence electrons. The van der Waals surface area contributed by atoms with Gasteiger partial charge in [-0.3, -0.25) is 0 Å². The number of benzene rings is 2. The smallest absolute Gasteiger partial charge is 0.387 e. The van der Waals surface area contributed by atoms with Crippen LogP contribution >= 0.6 is 0 Å². The number of carbonyl (C=O) groups is 1. The molecule has 0 radical (unpaired) electrons. The molecule has 2 N–H and O–H groups in total. The Labute approximate surface area is 164 Å². The Morgan fingerprint density at radius 3 is 2.66 bits per heavy atom. The van der Waals surface area contributed by atoms with Gasteiger partial charge in [0.15, 0.2) is 11.6 Å². The fraction of sp³-hybridized carbons (Fsp3) is 0.200. The van der Waals surface area contributed by atoms with E-state index in [4.69, 9.17) is 4.42 Å². The first-order valence-electron chi connectivity index (χ1n) is 8.71. The van der Waals surface area contributed by atoms with E-state index in [1.807, 2.05) is 31.2 Å². The molecule has 0 fully saturated rings. The van der Waals surface area contributed by atoms with Crippen LogP contribution in [0.25, 0.3) is 11.5 Å². The Bertz CT molecular complexity index is 975. The molecule has 9 heteroatoms. The lowest BCUT2D eigenvalue weighted by Gasteiger charge is -2.09. The summed E-state index contributed by atoms with van der Waals surface area (Å²) in [5.41, 5.74) is 2.76. The molecule has 0 bridgehead atoms. The quantitative estimate of drug-likeness (QED) is 0.595. The van der Waals surface area contributed by atoms with E-state index in [1.54, 1.807) is 0 Å². The summed E-state index contributed by atoms with van der Waals surface area (Å²) in [7, 11) is 0. The lowest BCUT2D eigenvalue weighted by Crippen LogP contribution is -2.30. The van der Waals surface area contributed by atoms with Crippen molar-refractivity contribution in [3.63, 3.8) is 0 Å². The number of hydrogen-bond donors (Lipinski definition) is 2. The van der Waals surface area contributed by atoms with Crippen molar-refractivity contribution in [3.05, 3.63) is 65.8 Å². The summed E-state index contributed by atoms with van der Waals surface area (Å²) in [6.45, 7) is -0.878. The molecule has 0 atom stereocenters. The number of halogens is 3. The van der Waals surface area contributed by atoms with Crippen molar-refractivity contribution in [2.75, 3.05) is 11.9 Å². The molecule has 0 aliphatic carbocycles. The molecule has 0 saturated carbocycles. The Hall–Kier alpha value is -3.49. The number of carbonyl (C=O) groups excluding carboxylic acids is 1. The summed E-state index contributed by atoms with van der Waals surface area (Å²) in [5, 5.41) is 5.01. The van der Waals surface area contributed by atoms with Crippen LogP contribution in [-0.4, -0.2) is 24.2 Å². The van der Waals surface area contributed by atoms with E-state index in [-0.39, 0.29) is 12.2 Å². The average Bonchev–Trinajstić information content (AvgIpc) is 3.13. The Morgan fingerprint density at radius 2 is 1.97 bits per heavy atom. The minimum Gasteiger partial charge on any atom is -0.444 e. The standard InChI is InChI=1S/C20H18F3N3O3/c1-12-2-4-13(5-3-12)18-25-15(11-28-18)8-9-24-20(27)26-14-6-7-17(16(21)10-14)29-19(22)23/h2-7,10-11,19H,8-9H2,1H3,(H2,24,26,27). The first-order chi connectivity index (χ1) is 13.9. The van der Waals surface area contributed by atoms with E-state index in [1.165, 1.54) is 12.3 Å². The largest absolute Gasteiger partial charge is 0.444 e. The highest BCUT2D eigenvalue weighted by Gasteiger charge is 2.12. The molecular weight excluding hydrogens is 387 g/mol. The van der Waals surface area contributed by atoms with Crippen LogP contribution in [0.1, 0.15) is 11.3 Å². The number of ether oxygens (including phenoxy) is 1. The molecule has 0 saturated heterocycles. The predicted molar refractivity (Wildman–Crippen MR) is 100 cm³/mol. The second-order valence-electron chi connectivity index (χ2n) is 6.16. The summed E-state index contributed by atoms with van der Waals surface area (Å²) < 4.78 is 47.4. The number of nitrogens with one attached hydrogen (secondary N) is 2. The third-order valence-electron chi connectivity index (χ3n) is 3.92. The van der Waals surface area contributed by atoms with Gasteiger partial charge in [0, 0.05) is 30.3 Å². The Morgan fingerprint density at radius 1 is 1.21 bits per heavy atom. The van der Waals surface area contributed by atoms with Crippen LogP contribution in [0.15, 0.2) is 53.1 Å². The monoisotopic (exact) mass is 405 g/mol. The van der Waals surface area contributed by atoms with Crippen LogP contribution in [0, 0.1) is 12.7 Å². The van der Waals surface area contributed by atoms with Gasteiger partial charge in [0.25, 0.3) is 0 Å². The van der Waals surface area contributed by atoms with E-state index < -0.39 is 24.2 Å². The zero-order valence-corrected chi connectivity index (χ0v) is 15.4. The molecule has 29 heavy (non-hydrogen) atoms. The second-order valence-corrected chi connectivity index (χ2v) is 6.16. The third-order valence-corrected chi connectivity index (χ3v) is 3.92. The number of nitrogens with zero attached hydrogens (tertiary/aromatic N) is 1. The zero-order chi connectivity index (χ0) is 20.8. The van der Waals surface area contributed by atoms with Crippen molar-refractivity contribution >= 4 is 11.7 Å². The summed E-state index contributed by atoms with van der Waals surface area (Å²) in [6.07, 6.45) is 1.95. The van der Waals surface area contributed by atoms with Crippen LogP contribution in [0.3, 0.4) is 0 Å². The number of hydrogen-bond acceptors (Lipinski definition) is 4. The van der Waals surface area contributed by atoms with E-state index in [2.05, 4.69) is 20.4 Å². The number of rotatable bonds is 7. The summed E-state index contributed by atoms with van der Waals surface area (Å²) in [5.74, 6) is -1.11. The minimum atomic E-state index is -3.13. The molecule has 0 spiro atoms. The lowest BCUT2D eigenvalue weighted by atomic mass is 10.1. The highest BCUT2D eigenvalue weighted by atomic mass is 19.3. The molecular formula is C20H18F3N3O3. The van der Waals surface area contributed by atoms with Gasteiger partial charge in [0.1, 0.15) is 6.26 Å². The second kappa shape index (κ2) is 9.13. The van der Waals surface area contributed by atoms with Crippen LogP contribution < -0.4 is 15.4 Å². The predicted octanol–water partition coefficient (Wildman–Crippen LogP) is 4.75. The van der Waals surface area contributed by atoms with Crippen molar-refractivity contribution in [2.24, 2.45) is 0 Å². The number of oxazole rings is 1. The summed E-state index contributed by atoms with van der Waals surface area (Å²) in [4.78, 5) is 16.3. The Kier molecular flexibility index (Phi) is 6.38. The van der Waals surface area contributed by atoms with E-state index in [0.29, 0.717) is 18.0 Å². The number of anilines is 1. The van der Waals surface area contributed by atoms with E-state index >= 15 is 0 Å². The fourth-order valence-corrected chi connectivity index (χ4v) is 2.50. The lowest BCUT2D eigenvalue weighted by molar-refractivity contribution is -0.0521. The van der Waals surface area contributed by atoms with Gasteiger partial charge in [-0.1, -0.05) is 17.7 Å². The van der Waals surface area contributed by atoms with Gasteiger partial charge < -0.3 is 19.8 Å². The molecule has 3 rings (SSSR count). The van der Waals surface area contributed by atoms with Gasteiger partial charge in [-0.25, -0.2) is 14.2 Å². The molecule has 0 aliphatic heterocycles. The zero-order valence-electron chi connectivity index (χ0n) is 15.4. The van der Waals surface area contributed by atoms with Crippen LogP contribution in [0.4, 0.5) is 23.7 Å². The first kappa shape index (κ1) is 20.2. The average molecular weight is 405 g/mol. The van der Waals surface area contributed by atoms with Crippen LogP contribution in [-0.2, 0) is 6.42 Å². The molecule has 3 aromatic rings. The highest BCUT2D eigenvalue weighted by Crippen LogP contribution is 2.23. The van der Waals surface area contributed by atoms with Gasteiger partial charge in [0.05, 0.1) is 5.69 Å². The number of alkyl halides is 2. The highest BCUT2D eigenvalue weighted by molar-refractivity contribution is 5.89. The maximum Gasteiger partial charge on any atom is 0.387 e. The molecule has 0 aliphatic rings. The third kappa shape index (κ3) is 5.74. The van der Waals surface area contributed by atoms with E-state index in [0.717, 1.165) is 23.3 Å². The van der Waals surface area contributed by atoms with Crippen molar-refractivity contribution in [2.45, 2.75) is 20.0 Å². The Balaban J connectivity index is 1.48. The van der Waals surface area contributed by atoms with Gasteiger partial charge >= 0.3 is 12.6 Å². The molecule has 1 aromatic heterocycles. The van der Waals surface area contributed by atoms with Crippen LogP contribution in [0.2, 0.25) is 0 Å². The number of urea groups is 1. The van der Waals surface area contributed by atoms with E-state index in [9.17, 15) is 18.0 Å². The van der Waals surface area contributed by atoms with Gasteiger partial charge in [0.2, 0.25) is 5.89 Å². The fourth-order valence-electron chi connectivity index (χ4n) is 2.50. The molecule has 2 amide bonds. The van der Waals surface area contributed by atoms with Crippen molar-refractivity contribution < 1.29 is 27.1 Å². The van der Waals surface area contributed by atoms with Gasteiger partial charge in [-0.2, -0.15) is 8.78 Å². The molecule has 2 aromatic carbocycles. The number of aryl methyl sites for hydroxylation is 1. The topological polar surface area (TPSA) is 76.4 Å². The molecule has 0 unspecified atom stereocenters. The number of amides is 2. The molecule has 1 heterocycles. The minimum absolute atomic E-state index is 0.102. The maximum atomic E-state index is 13.6. The normalized spacial score (nSPS) is 10.8. The maximum absolute atomic E-state index is 13.6. The van der Waals surface area contributed by atoms with Gasteiger partial charge in [-0.15, -0.1) is 0 Å². The molecule has 6 nitrogen and oxygen atoms in total. The first-order valence-corrected chi connectivity index (χ1v) is 8.71. The van der Waals surface area contributed by atoms with Crippen molar-refractivity contribution in [3.8, 4) is 17.2 Å². The SMILES string of the molecule is Cc1ccc(-c2nc(CCNC(=O)Nc3ccc(OC(F)F)c(F)c3)co2)cc1. The van der Waals surface area contributed by atoms with Crippen molar-refractivity contribution in [1.29, 1.82) is 0 Å². The van der Waals surface area contributed by atoms with Gasteiger partial charge in [-0.05, 0) is 31.2 Å².